The maximum Gasteiger partial charge on any atom is 0.306 e. The van der Waals surface area contributed by atoms with Crippen molar-refractivity contribution in [1.29, 1.82) is 0 Å². The molecular weight excluding hydrogens is 306 g/mol. The minimum atomic E-state index is -0.349. The SMILES string of the molecule is COc1ccc(CCC(=O)OCC(=O)N[C@@H]2CCCC[C@H]2C)cc1. The Kier molecular flexibility index (Phi) is 7.09. The third-order valence-electron chi connectivity index (χ3n) is 4.60. The minimum Gasteiger partial charge on any atom is -0.497 e. The summed E-state index contributed by atoms with van der Waals surface area (Å²) in [7, 11) is 1.62. The predicted octanol–water partition coefficient (Wildman–Crippen LogP) is 2.87. The van der Waals surface area contributed by atoms with Crippen LogP contribution in [0.1, 0.15) is 44.6 Å². The first kappa shape index (κ1) is 18.3. The van der Waals surface area contributed by atoms with Crippen molar-refractivity contribution in [3.8, 4) is 5.75 Å². The fourth-order valence-corrected chi connectivity index (χ4v) is 3.04. The van der Waals surface area contributed by atoms with Crippen LogP contribution < -0.4 is 10.1 Å². The van der Waals surface area contributed by atoms with E-state index in [1.165, 1.54) is 6.42 Å². The van der Waals surface area contributed by atoms with Crippen LogP contribution >= 0.6 is 0 Å². The topological polar surface area (TPSA) is 64.6 Å². The number of ether oxygens (including phenoxy) is 2. The van der Waals surface area contributed by atoms with Crippen molar-refractivity contribution in [2.24, 2.45) is 5.92 Å². The number of carbonyl (C=O) groups is 2. The summed E-state index contributed by atoms with van der Waals surface area (Å²) in [4.78, 5) is 23.7. The molecule has 1 saturated carbocycles. The molecule has 0 heterocycles. The molecule has 1 aliphatic carbocycles. The van der Waals surface area contributed by atoms with Gasteiger partial charge in [0.2, 0.25) is 0 Å². The number of aryl methyl sites for hydroxylation is 1. The van der Waals surface area contributed by atoms with Crippen LogP contribution in [0, 0.1) is 5.92 Å². The number of esters is 1. The Hall–Kier alpha value is -2.04. The summed E-state index contributed by atoms with van der Waals surface area (Å²) in [6.45, 7) is 1.97. The summed E-state index contributed by atoms with van der Waals surface area (Å²) in [6.07, 6.45) is 5.39. The normalized spacial score (nSPS) is 20.2. The highest BCUT2D eigenvalue weighted by Crippen LogP contribution is 2.23. The highest BCUT2D eigenvalue weighted by molar-refractivity contribution is 5.80. The van der Waals surface area contributed by atoms with Crippen molar-refractivity contribution in [1.82, 2.24) is 5.32 Å². The molecular formula is C19H27NO4. The van der Waals surface area contributed by atoms with Crippen LogP contribution in [-0.2, 0) is 20.7 Å². The van der Waals surface area contributed by atoms with Gasteiger partial charge in [0.05, 0.1) is 7.11 Å². The lowest BCUT2D eigenvalue weighted by molar-refractivity contribution is -0.148. The second-order valence-corrected chi connectivity index (χ2v) is 6.44. The van der Waals surface area contributed by atoms with Gasteiger partial charge in [0.25, 0.3) is 5.91 Å². The maximum atomic E-state index is 11.9. The van der Waals surface area contributed by atoms with E-state index in [-0.39, 0.29) is 30.9 Å². The molecule has 1 N–H and O–H groups in total. The second-order valence-electron chi connectivity index (χ2n) is 6.44. The first-order chi connectivity index (χ1) is 11.6. The van der Waals surface area contributed by atoms with Gasteiger partial charge < -0.3 is 14.8 Å². The zero-order valence-electron chi connectivity index (χ0n) is 14.5. The molecule has 1 aromatic rings. The monoisotopic (exact) mass is 333 g/mol. The zero-order chi connectivity index (χ0) is 17.4. The Bertz CT molecular complexity index is 541. The van der Waals surface area contributed by atoms with E-state index < -0.39 is 0 Å². The van der Waals surface area contributed by atoms with Gasteiger partial charge in [-0.25, -0.2) is 0 Å². The third kappa shape index (κ3) is 5.87. The number of methoxy groups -OCH3 is 1. The van der Waals surface area contributed by atoms with Gasteiger partial charge in [-0.1, -0.05) is 31.9 Å². The molecule has 1 fully saturated rings. The summed E-state index contributed by atoms with van der Waals surface area (Å²) < 4.78 is 10.2. The lowest BCUT2D eigenvalue weighted by Gasteiger charge is -2.29. The van der Waals surface area contributed by atoms with E-state index in [0.717, 1.165) is 30.6 Å². The molecule has 1 aromatic carbocycles. The molecule has 1 amide bonds. The molecule has 0 radical (unpaired) electrons. The van der Waals surface area contributed by atoms with Gasteiger partial charge in [0.1, 0.15) is 5.75 Å². The second kappa shape index (κ2) is 9.30. The van der Waals surface area contributed by atoms with Crippen molar-refractivity contribution in [2.75, 3.05) is 13.7 Å². The molecule has 0 saturated heterocycles. The van der Waals surface area contributed by atoms with Crippen LogP contribution in [-0.4, -0.2) is 31.6 Å². The Morgan fingerprint density at radius 3 is 2.54 bits per heavy atom. The summed E-state index contributed by atoms with van der Waals surface area (Å²) in [5, 5.41) is 2.98. The number of hydrogen-bond donors (Lipinski definition) is 1. The Labute approximate surface area is 143 Å². The van der Waals surface area contributed by atoms with Crippen LogP contribution in [0.5, 0.6) is 5.75 Å². The lowest BCUT2D eigenvalue weighted by Crippen LogP contribution is -2.42. The van der Waals surface area contributed by atoms with E-state index in [2.05, 4.69) is 12.2 Å². The first-order valence-corrected chi connectivity index (χ1v) is 8.66. The average Bonchev–Trinajstić information content (AvgIpc) is 2.60. The molecule has 0 spiro atoms. The van der Waals surface area contributed by atoms with Gasteiger partial charge in [-0.15, -0.1) is 0 Å². The third-order valence-corrected chi connectivity index (χ3v) is 4.60. The lowest BCUT2D eigenvalue weighted by atomic mass is 9.86. The van der Waals surface area contributed by atoms with Crippen LogP contribution in [0.4, 0.5) is 0 Å². The van der Waals surface area contributed by atoms with E-state index in [1.807, 2.05) is 24.3 Å². The van der Waals surface area contributed by atoms with Crippen molar-refractivity contribution < 1.29 is 19.1 Å². The molecule has 5 heteroatoms. The molecule has 0 aromatic heterocycles. The van der Waals surface area contributed by atoms with E-state index in [4.69, 9.17) is 9.47 Å². The van der Waals surface area contributed by atoms with Crippen molar-refractivity contribution in [3.05, 3.63) is 29.8 Å². The van der Waals surface area contributed by atoms with Crippen molar-refractivity contribution in [2.45, 2.75) is 51.5 Å². The highest BCUT2D eigenvalue weighted by Gasteiger charge is 2.23. The zero-order valence-corrected chi connectivity index (χ0v) is 14.5. The van der Waals surface area contributed by atoms with Crippen LogP contribution in [0.25, 0.3) is 0 Å². The van der Waals surface area contributed by atoms with Crippen LogP contribution in [0.15, 0.2) is 24.3 Å². The van der Waals surface area contributed by atoms with Crippen molar-refractivity contribution in [3.63, 3.8) is 0 Å². The highest BCUT2D eigenvalue weighted by atomic mass is 16.5. The first-order valence-electron chi connectivity index (χ1n) is 8.66. The standard InChI is InChI=1S/C19H27NO4/c1-14-5-3-4-6-17(14)20-18(21)13-24-19(22)12-9-15-7-10-16(23-2)11-8-15/h7-8,10-11,14,17H,3-6,9,12-13H2,1-2H3,(H,20,21)/t14-,17-/m1/s1. The van der Waals surface area contributed by atoms with E-state index >= 15 is 0 Å². The minimum absolute atomic E-state index is 0.190. The molecule has 1 aliphatic rings. The molecule has 2 rings (SSSR count). The summed E-state index contributed by atoms with van der Waals surface area (Å²) in [5.41, 5.74) is 1.04. The van der Waals surface area contributed by atoms with Crippen molar-refractivity contribution >= 4 is 11.9 Å². The number of rotatable bonds is 7. The Balaban J connectivity index is 1.65. The molecule has 0 aliphatic heterocycles. The van der Waals surface area contributed by atoms with Gasteiger partial charge in [0.15, 0.2) is 6.61 Å². The van der Waals surface area contributed by atoms with Crippen LogP contribution in [0.3, 0.4) is 0 Å². The van der Waals surface area contributed by atoms with Gasteiger partial charge in [0, 0.05) is 12.5 Å². The number of nitrogens with one attached hydrogen (secondary N) is 1. The number of benzene rings is 1. The number of hydrogen-bond acceptors (Lipinski definition) is 4. The fourth-order valence-electron chi connectivity index (χ4n) is 3.04. The Morgan fingerprint density at radius 2 is 1.88 bits per heavy atom. The van der Waals surface area contributed by atoms with E-state index in [1.54, 1.807) is 7.11 Å². The quantitative estimate of drug-likeness (QED) is 0.779. The predicted molar refractivity (Wildman–Crippen MR) is 91.8 cm³/mol. The summed E-state index contributed by atoms with van der Waals surface area (Å²) >= 11 is 0. The summed E-state index contributed by atoms with van der Waals surface area (Å²) in [5.74, 6) is 0.729. The number of carbonyl (C=O) groups excluding carboxylic acids is 2. The smallest absolute Gasteiger partial charge is 0.306 e. The number of amides is 1. The Morgan fingerprint density at radius 1 is 1.17 bits per heavy atom. The molecule has 0 unspecified atom stereocenters. The summed E-state index contributed by atoms with van der Waals surface area (Å²) in [6, 6.07) is 7.77. The largest absolute Gasteiger partial charge is 0.497 e. The van der Waals surface area contributed by atoms with E-state index in [9.17, 15) is 9.59 Å². The molecule has 24 heavy (non-hydrogen) atoms. The molecule has 5 nitrogen and oxygen atoms in total. The molecule has 2 atom stereocenters. The van der Waals surface area contributed by atoms with Gasteiger partial charge in [-0.05, 0) is 42.9 Å². The van der Waals surface area contributed by atoms with Gasteiger partial charge in [-0.3, -0.25) is 9.59 Å². The van der Waals surface area contributed by atoms with Gasteiger partial charge in [-0.2, -0.15) is 0 Å². The van der Waals surface area contributed by atoms with Crippen LogP contribution in [0.2, 0.25) is 0 Å². The molecule has 132 valence electrons. The van der Waals surface area contributed by atoms with Gasteiger partial charge >= 0.3 is 5.97 Å². The maximum absolute atomic E-state index is 11.9. The van der Waals surface area contributed by atoms with E-state index in [0.29, 0.717) is 12.3 Å². The fraction of sp³-hybridized carbons (Fsp3) is 0.579. The average molecular weight is 333 g/mol. The molecule has 0 bridgehead atoms.